The van der Waals surface area contributed by atoms with Gasteiger partial charge >= 0.3 is 5.97 Å². The number of fused-ring (bicyclic) bond motifs is 1. The quantitative estimate of drug-likeness (QED) is 0.837. The molecule has 0 unspecified atom stereocenters. The van der Waals surface area contributed by atoms with Crippen molar-refractivity contribution in [2.24, 2.45) is 0 Å². The third kappa shape index (κ3) is 3.10. The van der Waals surface area contributed by atoms with Crippen LogP contribution in [0.1, 0.15) is 12.0 Å². The Morgan fingerprint density at radius 2 is 2.18 bits per heavy atom. The molecule has 5 nitrogen and oxygen atoms in total. The zero-order valence-corrected chi connectivity index (χ0v) is 9.68. The SMILES string of the molecule is CN(CCC(=O)O)Cc1ccc2c(c1)OCO2. The molecule has 0 aromatic heterocycles. The molecule has 1 aliphatic heterocycles. The summed E-state index contributed by atoms with van der Waals surface area (Å²) >= 11 is 0. The van der Waals surface area contributed by atoms with Gasteiger partial charge in [0.05, 0.1) is 6.42 Å². The fourth-order valence-corrected chi connectivity index (χ4v) is 1.72. The van der Waals surface area contributed by atoms with Gasteiger partial charge in [0, 0.05) is 13.1 Å². The summed E-state index contributed by atoms with van der Waals surface area (Å²) in [5.74, 6) is 0.749. The zero-order valence-electron chi connectivity index (χ0n) is 9.68. The van der Waals surface area contributed by atoms with Crippen LogP contribution in [0.25, 0.3) is 0 Å². The molecule has 1 aromatic rings. The van der Waals surface area contributed by atoms with Crippen molar-refractivity contribution in [3.8, 4) is 11.5 Å². The molecule has 17 heavy (non-hydrogen) atoms. The van der Waals surface area contributed by atoms with Crippen molar-refractivity contribution in [3.05, 3.63) is 23.8 Å². The van der Waals surface area contributed by atoms with Gasteiger partial charge in [-0.2, -0.15) is 0 Å². The van der Waals surface area contributed by atoms with E-state index in [-0.39, 0.29) is 13.2 Å². The Morgan fingerprint density at radius 3 is 2.94 bits per heavy atom. The summed E-state index contributed by atoms with van der Waals surface area (Å²) in [6.07, 6.45) is 0.154. The molecule has 0 spiro atoms. The lowest BCUT2D eigenvalue weighted by molar-refractivity contribution is -0.137. The highest BCUT2D eigenvalue weighted by Gasteiger charge is 2.13. The first-order valence-corrected chi connectivity index (χ1v) is 5.44. The van der Waals surface area contributed by atoms with Gasteiger partial charge in [0.2, 0.25) is 6.79 Å². The van der Waals surface area contributed by atoms with Gasteiger partial charge in [-0.25, -0.2) is 0 Å². The maximum Gasteiger partial charge on any atom is 0.304 e. The molecule has 0 atom stereocenters. The van der Waals surface area contributed by atoms with Crippen molar-refractivity contribution in [3.63, 3.8) is 0 Å². The van der Waals surface area contributed by atoms with Crippen LogP contribution in [0.15, 0.2) is 18.2 Å². The van der Waals surface area contributed by atoms with Crippen molar-refractivity contribution < 1.29 is 19.4 Å². The molecule has 1 aliphatic rings. The van der Waals surface area contributed by atoms with Crippen LogP contribution in [-0.2, 0) is 11.3 Å². The van der Waals surface area contributed by atoms with Gasteiger partial charge in [-0.15, -0.1) is 0 Å². The number of carboxylic acid groups (broad SMARTS) is 1. The van der Waals surface area contributed by atoms with Crippen LogP contribution in [-0.4, -0.2) is 36.4 Å². The van der Waals surface area contributed by atoms with Gasteiger partial charge in [0.1, 0.15) is 0 Å². The van der Waals surface area contributed by atoms with Crippen LogP contribution >= 0.6 is 0 Å². The van der Waals surface area contributed by atoms with Gasteiger partial charge in [0.15, 0.2) is 11.5 Å². The summed E-state index contributed by atoms with van der Waals surface area (Å²) in [7, 11) is 1.90. The Labute approximate surface area is 99.6 Å². The molecule has 2 rings (SSSR count). The van der Waals surface area contributed by atoms with Crippen LogP contribution < -0.4 is 9.47 Å². The highest BCUT2D eigenvalue weighted by Crippen LogP contribution is 2.32. The number of hydrogen-bond donors (Lipinski definition) is 1. The topological polar surface area (TPSA) is 59.0 Å². The molecule has 1 aromatic carbocycles. The Morgan fingerprint density at radius 1 is 1.41 bits per heavy atom. The smallest absolute Gasteiger partial charge is 0.304 e. The van der Waals surface area contributed by atoms with Crippen molar-refractivity contribution >= 4 is 5.97 Å². The number of ether oxygens (including phenoxy) is 2. The van der Waals surface area contributed by atoms with E-state index in [2.05, 4.69) is 0 Å². The Hall–Kier alpha value is -1.75. The summed E-state index contributed by atoms with van der Waals surface area (Å²) in [5, 5.41) is 8.59. The largest absolute Gasteiger partial charge is 0.481 e. The van der Waals surface area contributed by atoms with Gasteiger partial charge < -0.3 is 19.5 Å². The maximum atomic E-state index is 10.4. The van der Waals surface area contributed by atoms with Gasteiger partial charge in [-0.1, -0.05) is 6.07 Å². The molecule has 0 fully saturated rings. The summed E-state index contributed by atoms with van der Waals surface area (Å²) in [6, 6.07) is 5.77. The van der Waals surface area contributed by atoms with Gasteiger partial charge in [-0.05, 0) is 24.7 Å². The predicted octanol–water partition coefficient (Wildman–Crippen LogP) is 1.32. The molecule has 0 amide bonds. The van der Waals surface area contributed by atoms with Crippen LogP contribution in [0.5, 0.6) is 11.5 Å². The minimum absolute atomic E-state index is 0.154. The average Bonchev–Trinajstić information content (AvgIpc) is 2.73. The molecule has 0 saturated heterocycles. The van der Waals surface area contributed by atoms with Crippen molar-refractivity contribution in [1.82, 2.24) is 4.90 Å². The van der Waals surface area contributed by atoms with Crippen LogP contribution in [0.2, 0.25) is 0 Å². The zero-order chi connectivity index (χ0) is 12.3. The summed E-state index contributed by atoms with van der Waals surface area (Å²) in [4.78, 5) is 12.4. The van der Waals surface area contributed by atoms with E-state index >= 15 is 0 Å². The number of carboxylic acids is 1. The van der Waals surface area contributed by atoms with E-state index in [4.69, 9.17) is 14.6 Å². The summed E-state index contributed by atoms with van der Waals surface area (Å²) < 4.78 is 10.5. The number of carbonyl (C=O) groups is 1. The molecule has 0 bridgehead atoms. The fraction of sp³-hybridized carbons (Fsp3) is 0.417. The molecule has 0 aliphatic carbocycles. The van der Waals surface area contributed by atoms with E-state index in [9.17, 15) is 4.79 Å². The maximum absolute atomic E-state index is 10.4. The third-order valence-corrected chi connectivity index (χ3v) is 2.60. The number of rotatable bonds is 5. The molecule has 5 heteroatoms. The lowest BCUT2D eigenvalue weighted by atomic mass is 10.2. The second kappa shape index (κ2) is 5.05. The van der Waals surface area contributed by atoms with E-state index in [1.165, 1.54) is 0 Å². The molecule has 0 saturated carbocycles. The first-order valence-electron chi connectivity index (χ1n) is 5.44. The second-order valence-corrected chi connectivity index (χ2v) is 4.07. The standard InChI is InChI=1S/C12H15NO4/c1-13(5-4-12(14)15)7-9-2-3-10-11(6-9)17-8-16-10/h2-3,6H,4-5,7-8H2,1H3,(H,14,15). The Kier molecular flexibility index (Phi) is 3.49. The van der Waals surface area contributed by atoms with E-state index in [1.807, 2.05) is 30.1 Å². The van der Waals surface area contributed by atoms with Crippen LogP contribution in [0, 0.1) is 0 Å². The molecular weight excluding hydrogens is 222 g/mol. The molecule has 92 valence electrons. The predicted molar refractivity (Wildman–Crippen MR) is 61.2 cm³/mol. The van der Waals surface area contributed by atoms with E-state index in [0.717, 1.165) is 17.1 Å². The number of nitrogens with zero attached hydrogens (tertiary/aromatic N) is 1. The minimum Gasteiger partial charge on any atom is -0.481 e. The third-order valence-electron chi connectivity index (χ3n) is 2.60. The van der Waals surface area contributed by atoms with Gasteiger partial charge in [-0.3, -0.25) is 4.79 Å². The minimum atomic E-state index is -0.775. The van der Waals surface area contributed by atoms with Crippen LogP contribution in [0.4, 0.5) is 0 Å². The van der Waals surface area contributed by atoms with Crippen LogP contribution in [0.3, 0.4) is 0 Å². The number of benzene rings is 1. The number of hydrogen-bond acceptors (Lipinski definition) is 4. The lowest BCUT2D eigenvalue weighted by Crippen LogP contribution is -2.21. The van der Waals surface area contributed by atoms with Crippen molar-refractivity contribution in [2.45, 2.75) is 13.0 Å². The summed E-state index contributed by atoms with van der Waals surface area (Å²) in [5.41, 5.74) is 1.09. The number of aliphatic carboxylic acids is 1. The van der Waals surface area contributed by atoms with E-state index in [0.29, 0.717) is 13.1 Å². The Bertz CT molecular complexity index is 419. The first kappa shape index (κ1) is 11.7. The van der Waals surface area contributed by atoms with Crippen molar-refractivity contribution in [1.29, 1.82) is 0 Å². The van der Waals surface area contributed by atoms with E-state index in [1.54, 1.807) is 0 Å². The molecule has 1 heterocycles. The highest BCUT2D eigenvalue weighted by atomic mass is 16.7. The summed E-state index contributed by atoms with van der Waals surface area (Å²) in [6.45, 7) is 1.50. The van der Waals surface area contributed by atoms with Crippen molar-refractivity contribution in [2.75, 3.05) is 20.4 Å². The normalized spacial score (nSPS) is 13.1. The van der Waals surface area contributed by atoms with E-state index < -0.39 is 5.97 Å². The fourth-order valence-electron chi connectivity index (χ4n) is 1.72. The monoisotopic (exact) mass is 237 g/mol. The Balaban J connectivity index is 1.92. The van der Waals surface area contributed by atoms with Gasteiger partial charge in [0.25, 0.3) is 0 Å². The first-order chi connectivity index (χ1) is 8.15. The molecular formula is C12H15NO4. The molecule has 1 N–H and O–H groups in total. The second-order valence-electron chi connectivity index (χ2n) is 4.07. The highest BCUT2D eigenvalue weighted by molar-refractivity contribution is 5.66. The average molecular weight is 237 g/mol. The molecule has 0 radical (unpaired) electrons. The lowest BCUT2D eigenvalue weighted by Gasteiger charge is -2.15.